The normalized spacial score (nSPS) is 19.8. The number of oxazole rings is 1. The third-order valence-corrected chi connectivity index (χ3v) is 6.74. The van der Waals surface area contributed by atoms with E-state index in [1.54, 1.807) is 16.5 Å². The Morgan fingerprint density at radius 3 is 2.74 bits per heavy atom. The summed E-state index contributed by atoms with van der Waals surface area (Å²) >= 11 is 7.57. The fourth-order valence-corrected chi connectivity index (χ4v) is 5.12. The zero-order valence-electron chi connectivity index (χ0n) is 17.5. The van der Waals surface area contributed by atoms with Crippen molar-refractivity contribution < 1.29 is 37.4 Å². The Labute approximate surface area is 199 Å². The van der Waals surface area contributed by atoms with Gasteiger partial charge in [-0.1, -0.05) is 11.6 Å². The summed E-state index contributed by atoms with van der Waals surface area (Å²) in [6.07, 6.45) is -3.02. The molecule has 3 aliphatic heterocycles. The number of esters is 1. The third-order valence-electron chi connectivity index (χ3n) is 5.65. The lowest BCUT2D eigenvalue weighted by molar-refractivity contribution is -0.216. The highest BCUT2D eigenvalue weighted by atomic mass is 35.5. The van der Waals surface area contributed by atoms with Gasteiger partial charge in [-0.05, 0) is 19.4 Å². The Bertz CT molecular complexity index is 1260. The summed E-state index contributed by atoms with van der Waals surface area (Å²) in [7, 11) is 0. The number of piperazine rings is 1. The lowest BCUT2D eigenvalue weighted by Gasteiger charge is -2.54. The molecular formula is C20H17ClF2N4O6S. The van der Waals surface area contributed by atoms with Crippen LogP contribution in [-0.4, -0.2) is 69.9 Å². The second kappa shape index (κ2) is 8.24. The zero-order chi connectivity index (χ0) is 24.2. The Morgan fingerprint density at radius 1 is 1.38 bits per heavy atom. The summed E-state index contributed by atoms with van der Waals surface area (Å²) in [5, 5.41) is 11.3. The summed E-state index contributed by atoms with van der Waals surface area (Å²) in [6.45, 7) is 1.78. The molecule has 180 valence electrons. The number of anilines is 1. The van der Waals surface area contributed by atoms with Gasteiger partial charge in [-0.15, -0.1) is 11.3 Å². The summed E-state index contributed by atoms with van der Waals surface area (Å²) in [4.78, 5) is 34.8. The van der Waals surface area contributed by atoms with Crippen LogP contribution in [0.1, 0.15) is 13.3 Å². The van der Waals surface area contributed by atoms with Crippen LogP contribution in [0.25, 0.3) is 21.7 Å². The van der Waals surface area contributed by atoms with E-state index < -0.39 is 23.9 Å². The largest absolute Gasteiger partial charge is 0.502 e. The molecule has 6 rings (SSSR count). The van der Waals surface area contributed by atoms with Crippen LogP contribution >= 0.6 is 22.9 Å². The van der Waals surface area contributed by atoms with Crippen molar-refractivity contribution >= 4 is 52.1 Å². The minimum atomic E-state index is -4.32. The third kappa shape index (κ3) is 3.68. The fourth-order valence-electron chi connectivity index (χ4n) is 4.23. The number of halogens is 3. The van der Waals surface area contributed by atoms with E-state index in [2.05, 4.69) is 14.7 Å². The van der Waals surface area contributed by atoms with Gasteiger partial charge in [0.25, 0.3) is 6.01 Å². The number of piperidine rings is 1. The first kappa shape index (κ1) is 22.6. The number of ether oxygens (including phenoxy) is 2. The first-order valence-electron chi connectivity index (χ1n) is 10.2. The average Bonchev–Trinajstić information content (AvgIpc) is 3.46. The molecule has 3 saturated heterocycles. The minimum absolute atomic E-state index is 0.0957. The van der Waals surface area contributed by atoms with Crippen LogP contribution in [0, 0.1) is 0 Å². The van der Waals surface area contributed by atoms with Crippen molar-refractivity contribution in [3.05, 3.63) is 22.7 Å². The molecule has 2 bridgehead atoms. The molecule has 0 aliphatic carbocycles. The summed E-state index contributed by atoms with van der Waals surface area (Å²) in [6, 6.07) is 1.00. The number of hydrogen-bond donors (Lipinski definition) is 1. The molecule has 3 aliphatic rings. The summed E-state index contributed by atoms with van der Waals surface area (Å²) in [5.41, 5.74) is 0.388. The standard InChI is InChI=1S/C20H17ClF2N4O6S/c1-2-31-17(28)20(22,23)33-15-12(21)6-11(16-24-3-4-34-16)14-13(15)25-18(32-14)26-7-9-5-10(8-26)27(9)19(29)30/h3-4,6,9-10H,2,5,7-8H2,1H3,(H,29,30). The van der Waals surface area contributed by atoms with Crippen molar-refractivity contribution in [3.63, 3.8) is 0 Å². The number of thiazole rings is 1. The highest BCUT2D eigenvalue weighted by Gasteiger charge is 2.49. The molecule has 5 heterocycles. The molecule has 2 atom stereocenters. The first-order valence-corrected chi connectivity index (χ1v) is 11.5. The van der Waals surface area contributed by atoms with Crippen LogP contribution < -0.4 is 9.64 Å². The van der Waals surface area contributed by atoms with Crippen molar-refractivity contribution in [1.82, 2.24) is 14.9 Å². The monoisotopic (exact) mass is 514 g/mol. The van der Waals surface area contributed by atoms with Crippen LogP contribution in [-0.2, 0) is 9.53 Å². The minimum Gasteiger partial charge on any atom is -0.465 e. The van der Waals surface area contributed by atoms with E-state index in [4.69, 9.17) is 20.8 Å². The van der Waals surface area contributed by atoms with Crippen molar-refractivity contribution in [1.29, 1.82) is 0 Å². The van der Waals surface area contributed by atoms with Crippen LogP contribution in [0.5, 0.6) is 5.75 Å². The van der Waals surface area contributed by atoms with Gasteiger partial charge in [-0.2, -0.15) is 13.8 Å². The van der Waals surface area contributed by atoms with Gasteiger partial charge in [0, 0.05) is 24.7 Å². The number of aromatic nitrogens is 2. The number of carbonyl (C=O) groups is 2. The van der Waals surface area contributed by atoms with Crippen LogP contribution in [0.15, 0.2) is 22.1 Å². The zero-order valence-corrected chi connectivity index (χ0v) is 19.1. The van der Waals surface area contributed by atoms with Gasteiger partial charge in [-0.3, -0.25) is 4.90 Å². The van der Waals surface area contributed by atoms with Crippen molar-refractivity contribution in [2.45, 2.75) is 31.5 Å². The van der Waals surface area contributed by atoms with Gasteiger partial charge in [0.05, 0.1) is 29.3 Å². The lowest BCUT2D eigenvalue weighted by Crippen LogP contribution is -2.70. The van der Waals surface area contributed by atoms with Crippen LogP contribution in [0.2, 0.25) is 5.02 Å². The van der Waals surface area contributed by atoms with E-state index >= 15 is 0 Å². The Morgan fingerprint density at radius 2 is 2.12 bits per heavy atom. The lowest BCUT2D eigenvalue weighted by atomic mass is 9.88. The number of rotatable bonds is 6. The number of nitrogens with zero attached hydrogens (tertiary/aromatic N) is 4. The SMILES string of the molecule is CCOC(=O)C(F)(F)Oc1c(Cl)cc(-c2nccs2)c2oc(N3CC4CC(C3)N4C(=O)O)nc12. The molecule has 0 spiro atoms. The number of fused-ring (bicyclic) bond motifs is 3. The molecule has 0 radical (unpaired) electrons. The van der Waals surface area contributed by atoms with E-state index in [0.717, 1.165) is 6.42 Å². The van der Waals surface area contributed by atoms with E-state index in [1.807, 2.05) is 0 Å². The van der Waals surface area contributed by atoms with Crippen molar-refractivity contribution in [2.75, 3.05) is 24.6 Å². The quantitative estimate of drug-likeness (QED) is 0.485. The van der Waals surface area contributed by atoms with E-state index in [9.17, 15) is 23.5 Å². The van der Waals surface area contributed by atoms with Gasteiger partial charge in [0.2, 0.25) is 0 Å². The number of hydrogen-bond acceptors (Lipinski definition) is 9. The van der Waals surface area contributed by atoms with Gasteiger partial charge in [-0.25, -0.2) is 14.6 Å². The van der Waals surface area contributed by atoms with E-state index in [-0.39, 0.29) is 40.8 Å². The topological polar surface area (TPSA) is 118 Å². The molecular weight excluding hydrogens is 498 g/mol. The second-order valence-corrected chi connectivity index (χ2v) is 9.03. The van der Waals surface area contributed by atoms with E-state index in [0.29, 0.717) is 23.7 Å². The number of amides is 1. The van der Waals surface area contributed by atoms with Crippen molar-refractivity contribution in [3.8, 4) is 16.3 Å². The Kier molecular flexibility index (Phi) is 5.47. The van der Waals surface area contributed by atoms with E-state index in [1.165, 1.54) is 29.2 Å². The molecule has 2 aromatic heterocycles. The average molecular weight is 515 g/mol. The summed E-state index contributed by atoms with van der Waals surface area (Å²) < 4.78 is 43.9. The molecule has 1 N–H and O–H groups in total. The molecule has 10 nitrogen and oxygen atoms in total. The van der Waals surface area contributed by atoms with Gasteiger partial charge in [0.15, 0.2) is 16.8 Å². The molecule has 0 saturated carbocycles. The van der Waals surface area contributed by atoms with Crippen molar-refractivity contribution in [2.24, 2.45) is 0 Å². The first-order chi connectivity index (χ1) is 16.2. The summed E-state index contributed by atoms with van der Waals surface area (Å²) in [5.74, 6) is -2.41. The molecule has 1 aromatic carbocycles. The maximum Gasteiger partial charge on any atom is 0.502 e. The molecule has 34 heavy (non-hydrogen) atoms. The molecule has 14 heteroatoms. The Balaban J connectivity index is 1.57. The maximum absolute atomic E-state index is 14.4. The smallest absolute Gasteiger partial charge is 0.465 e. The molecule has 1 amide bonds. The number of alkyl halides is 2. The predicted molar refractivity (Wildman–Crippen MR) is 117 cm³/mol. The highest BCUT2D eigenvalue weighted by Crippen LogP contribution is 2.45. The second-order valence-electron chi connectivity index (χ2n) is 7.72. The number of benzene rings is 1. The highest BCUT2D eigenvalue weighted by molar-refractivity contribution is 7.13. The number of carbonyl (C=O) groups excluding carboxylic acids is 1. The predicted octanol–water partition coefficient (Wildman–Crippen LogP) is 4.08. The molecule has 3 fully saturated rings. The van der Waals surface area contributed by atoms with Crippen LogP contribution in [0.3, 0.4) is 0 Å². The fraction of sp³-hybridized carbons (Fsp3) is 0.400. The molecule has 2 unspecified atom stereocenters. The maximum atomic E-state index is 14.4. The van der Waals surface area contributed by atoms with Gasteiger partial charge >= 0.3 is 18.2 Å². The van der Waals surface area contributed by atoms with Crippen LogP contribution in [0.4, 0.5) is 19.6 Å². The number of carboxylic acid groups (broad SMARTS) is 1. The molecule has 3 aromatic rings. The Hall–Kier alpha value is -3.19. The van der Waals surface area contributed by atoms with Gasteiger partial charge in [0.1, 0.15) is 5.01 Å². The van der Waals surface area contributed by atoms with Gasteiger partial charge < -0.3 is 23.9 Å².